The lowest BCUT2D eigenvalue weighted by Crippen LogP contribution is -2.40. The molecule has 2 aromatic heterocycles. The van der Waals surface area contributed by atoms with Crippen molar-refractivity contribution in [2.45, 2.75) is 26.4 Å². The number of para-hydroxylation sites is 2. The van der Waals surface area contributed by atoms with E-state index in [0.717, 1.165) is 27.6 Å². The zero-order chi connectivity index (χ0) is 32.5. The van der Waals surface area contributed by atoms with Crippen molar-refractivity contribution in [3.8, 4) is 5.75 Å². The van der Waals surface area contributed by atoms with Gasteiger partial charge in [0.25, 0.3) is 11.5 Å². The molecule has 1 atom stereocenters. The summed E-state index contributed by atoms with van der Waals surface area (Å²) in [5.74, 6) is 0.104. The Kier molecular flexibility index (Phi) is 8.14. The van der Waals surface area contributed by atoms with Crippen molar-refractivity contribution in [2.75, 3.05) is 11.9 Å². The van der Waals surface area contributed by atoms with Crippen LogP contribution in [0, 0.1) is 5.82 Å². The lowest BCUT2D eigenvalue weighted by atomic mass is 9.95. The Morgan fingerprint density at radius 3 is 2.45 bits per heavy atom. The predicted molar refractivity (Wildman–Crippen MR) is 184 cm³/mol. The third-order valence-electron chi connectivity index (χ3n) is 8.18. The normalized spacial score (nSPS) is 14.6. The molecule has 0 aliphatic carbocycles. The molecule has 1 aliphatic heterocycles. The van der Waals surface area contributed by atoms with Crippen molar-refractivity contribution >= 4 is 39.9 Å². The maximum absolute atomic E-state index is 14.3. The summed E-state index contributed by atoms with van der Waals surface area (Å²) >= 11 is 1.30. The van der Waals surface area contributed by atoms with Crippen molar-refractivity contribution in [3.05, 3.63) is 163 Å². The summed E-state index contributed by atoms with van der Waals surface area (Å²) in [6.45, 7) is 4.80. The highest BCUT2D eigenvalue weighted by atomic mass is 32.1. The van der Waals surface area contributed by atoms with Crippen LogP contribution in [0.4, 0.5) is 10.1 Å². The van der Waals surface area contributed by atoms with Gasteiger partial charge in [-0.2, -0.15) is 0 Å². The fourth-order valence-corrected chi connectivity index (χ4v) is 7.05. The average Bonchev–Trinajstić information content (AvgIpc) is 3.58. The number of amides is 1. The standard InChI is InChI=1S/C38H31FN4O3S/c1-3-46-30-19-15-26(16-20-30)35-34(36(44)41-29-9-5-4-6-10-29)24(2)40-38-43(35)37(45)33(47-38)21-27-23-42(32-12-8-7-11-31(27)32)22-25-13-17-28(39)18-14-25/h4-21,23,35H,3,22H2,1-2H3,(H,41,44)/b33-21-/t35-/m0/s1. The zero-order valence-corrected chi connectivity index (χ0v) is 26.6. The van der Waals surface area contributed by atoms with Gasteiger partial charge in [0, 0.05) is 34.9 Å². The maximum Gasteiger partial charge on any atom is 0.271 e. The first-order valence-corrected chi connectivity index (χ1v) is 16.2. The number of anilines is 1. The first-order valence-electron chi connectivity index (χ1n) is 15.3. The molecule has 0 spiro atoms. The second-order valence-electron chi connectivity index (χ2n) is 11.3. The van der Waals surface area contributed by atoms with Crippen LogP contribution in [0.1, 0.15) is 36.6 Å². The minimum atomic E-state index is -0.701. The molecule has 0 saturated heterocycles. The van der Waals surface area contributed by atoms with Crippen LogP contribution in [-0.2, 0) is 11.3 Å². The molecule has 7 rings (SSSR count). The Bertz CT molecular complexity index is 2320. The third kappa shape index (κ3) is 5.93. The monoisotopic (exact) mass is 642 g/mol. The molecule has 234 valence electrons. The fraction of sp³-hybridized carbons (Fsp3) is 0.132. The van der Waals surface area contributed by atoms with Gasteiger partial charge in [-0.25, -0.2) is 9.38 Å². The highest BCUT2D eigenvalue weighted by Gasteiger charge is 2.32. The average molecular weight is 643 g/mol. The van der Waals surface area contributed by atoms with Gasteiger partial charge in [-0.05, 0) is 73.5 Å². The number of hydrogen-bond donors (Lipinski definition) is 1. The van der Waals surface area contributed by atoms with E-state index in [2.05, 4.69) is 9.88 Å². The summed E-state index contributed by atoms with van der Waals surface area (Å²) in [5, 5.41) is 3.98. The second-order valence-corrected chi connectivity index (χ2v) is 12.3. The van der Waals surface area contributed by atoms with Crippen molar-refractivity contribution < 1.29 is 13.9 Å². The van der Waals surface area contributed by atoms with Gasteiger partial charge in [0.1, 0.15) is 11.6 Å². The minimum Gasteiger partial charge on any atom is -0.494 e. The third-order valence-corrected chi connectivity index (χ3v) is 9.16. The number of nitrogens with zero attached hydrogens (tertiary/aromatic N) is 3. The van der Waals surface area contributed by atoms with E-state index < -0.39 is 6.04 Å². The van der Waals surface area contributed by atoms with Crippen LogP contribution >= 0.6 is 11.3 Å². The molecular weight excluding hydrogens is 612 g/mol. The smallest absolute Gasteiger partial charge is 0.271 e. The van der Waals surface area contributed by atoms with E-state index in [1.165, 1.54) is 23.5 Å². The molecule has 7 nitrogen and oxygen atoms in total. The lowest BCUT2D eigenvalue weighted by Gasteiger charge is -2.25. The summed E-state index contributed by atoms with van der Waals surface area (Å²) in [6, 6.07) is 30.5. The molecule has 47 heavy (non-hydrogen) atoms. The first kappa shape index (κ1) is 30.1. The number of aromatic nitrogens is 2. The number of hydrogen-bond acceptors (Lipinski definition) is 5. The van der Waals surface area contributed by atoms with Crippen LogP contribution < -0.4 is 24.9 Å². The van der Waals surface area contributed by atoms with Gasteiger partial charge >= 0.3 is 0 Å². The van der Waals surface area contributed by atoms with E-state index in [0.29, 0.717) is 45.2 Å². The molecule has 4 aromatic carbocycles. The number of carbonyl (C=O) groups is 1. The van der Waals surface area contributed by atoms with Gasteiger partial charge in [0.2, 0.25) is 0 Å². The van der Waals surface area contributed by atoms with Crippen molar-refractivity contribution in [1.29, 1.82) is 0 Å². The quantitative estimate of drug-likeness (QED) is 0.208. The Labute approximate surface area is 274 Å². The van der Waals surface area contributed by atoms with Crippen molar-refractivity contribution in [2.24, 2.45) is 4.99 Å². The highest BCUT2D eigenvalue weighted by Crippen LogP contribution is 2.32. The Balaban J connectivity index is 1.35. The maximum atomic E-state index is 14.3. The number of carbonyl (C=O) groups excluding carboxylic acids is 1. The van der Waals surface area contributed by atoms with Crippen LogP contribution in [0.5, 0.6) is 5.75 Å². The highest BCUT2D eigenvalue weighted by molar-refractivity contribution is 7.07. The molecule has 1 aliphatic rings. The predicted octanol–water partition coefficient (Wildman–Crippen LogP) is 6.41. The van der Waals surface area contributed by atoms with Gasteiger partial charge in [-0.1, -0.05) is 72.0 Å². The van der Waals surface area contributed by atoms with E-state index in [-0.39, 0.29) is 17.3 Å². The van der Waals surface area contributed by atoms with Gasteiger partial charge in [-0.15, -0.1) is 0 Å². The number of ether oxygens (including phenoxy) is 1. The second kappa shape index (κ2) is 12.7. The van der Waals surface area contributed by atoms with Crippen molar-refractivity contribution in [1.82, 2.24) is 9.13 Å². The summed E-state index contributed by atoms with van der Waals surface area (Å²) in [6.07, 6.45) is 3.91. The number of nitrogens with one attached hydrogen (secondary N) is 1. The summed E-state index contributed by atoms with van der Waals surface area (Å²) in [5.41, 5.74) is 4.96. The Hall–Kier alpha value is -5.54. The fourth-order valence-electron chi connectivity index (χ4n) is 6.01. The summed E-state index contributed by atoms with van der Waals surface area (Å²) < 4.78 is 23.4. The molecule has 0 bridgehead atoms. The van der Waals surface area contributed by atoms with E-state index >= 15 is 0 Å². The van der Waals surface area contributed by atoms with Crippen LogP contribution in [0.15, 0.2) is 130 Å². The minimum absolute atomic E-state index is 0.236. The Morgan fingerprint density at radius 2 is 1.70 bits per heavy atom. The van der Waals surface area contributed by atoms with Gasteiger partial charge in [-0.3, -0.25) is 14.2 Å². The zero-order valence-electron chi connectivity index (χ0n) is 25.8. The molecule has 0 radical (unpaired) electrons. The van der Waals surface area contributed by atoms with Crippen molar-refractivity contribution in [3.63, 3.8) is 0 Å². The summed E-state index contributed by atoms with van der Waals surface area (Å²) in [4.78, 5) is 33.5. The first-order chi connectivity index (χ1) is 22.9. The van der Waals surface area contributed by atoms with Crippen LogP contribution in [0.3, 0.4) is 0 Å². The number of rotatable bonds is 8. The lowest BCUT2D eigenvalue weighted by molar-refractivity contribution is -0.113. The number of allylic oxidation sites excluding steroid dienone is 1. The number of fused-ring (bicyclic) bond motifs is 2. The molecule has 0 fully saturated rings. The molecule has 1 amide bonds. The molecule has 0 unspecified atom stereocenters. The molecule has 3 heterocycles. The van der Waals surface area contributed by atoms with Crippen LogP contribution in [0.2, 0.25) is 0 Å². The van der Waals surface area contributed by atoms with E-state index in [1.54, 1.807) is 16.7 Å². The van der Waals surface area contributed by atoms with Gasteiger partial charge < -0.3 is 14.6 Å². The Morgan fingerprint density at radius 1 is 0.979 bits per heavy atom. The summed E-state index contributed by atoms with van der Waals surface area (Å²) in [7, 11) is 0. The molecule has 1 N–H and O–H groups in total. The number of thiazole rings is 1. The number of halogens is 1. The van der Waals surface area contributed by atoms with Gasteiger partial charge in [0.05, 0.1) is 28.5 Å². The topological polar surface area (TPSA) is 77.6 Å². The van der Waals surface area contributed by atoms with Gasteiger partial charge in [0.15, 0.2) is 4.80 Å². The molecular formula is C38H31FN4O3S. The van der Waals surface area contributed by atoms with Crippen LogP contribution in [0.25, 0.3) is 17.0 Å². The molecule has 6 aromatic rings. The van der Waals surface area contributed by atoms with E-state index in [1.807, 2.05) is 105 Å². The molecule has 0 saturated carbocycles. The number of benzene rings is 4. The van der Waals surface area contributed by atoms with E-state index in [4.69, 9.17) is 9.73 Å². The molecule has 9 heteroatoms. The largest absolute Gasteiger partial charge is 0.494 e. The van der Waals surface area contributed by atoms with Crippen LogP contribution in [-0.4, -0.2) is 21.6 Å². The SMILES string of the molecule is CCOc1ccc([C@H]2C(C(=O)Nc3ccccc3)=C(C)N=c3s/c(=C\c4cn(Cc5ccc(F)cc5)c5ccccc45)c(=O)n32)cc1. The van der Waals surface area contributed by atoms with E-state index in [9.17, 15) is 14.0 Å².